The Labute approximate surface area is 149 Å². The van der Waals surface area contributed by atoms with E-state index in [1.165, 1.54) is 6.08 Å². The number of fused-ring (bicyclic) bond motifs is 5. The lowest BCUT2D eigenvalue weighted by molar-refractivity contribution is -0.148. The van der Waals surface area contributed by atoms with Crippen LogP contribution in [-0.2, 0) is 9.59 Å². The van der Waals surface area contributed by atoms with Gasteiger partial charge in [-0.05, 0) is 79.3 Å². The number of hydrogen-bond acceptors (Lipinski definition) is 3. The Kier molecular flexibility index (Phi) is 3.81. The Morgan fingerprint density at radius 2 is 2.04 bits per heavy atom. The third kappa shape index (κ3) is 2.25. The first-order valence-electron chi connectivity index (χ1n) is 9.76. The second kappa shape index (κ2) is 5.48. The highest BCUT2D eigenvalue weighted by molar-refractivity contribution is 5.92. The van der Waals surface area contributed by atoms with Crippen molar-refractivity contribution >= 4 is 11.6 Å². The molecular weight excluding hydrogens is 319 g/mol. The molecule has 0 heterocycles. The number of aliphatic hydroxyl groups is 1. The Morgan fingerprint density at radius 1 is 1.32 bits per heavy atom. The molecule has 0 amide bonds. The van der Waals surface area contributed by atoms with Gasteiger partial charge in [0.05, 0.1) is 6.10 Å². The maximum atomic E-state index is 15.1. The molecular formula is C21H29FO3. The number of halogens is 1. The molecule has 3 fully saturated rings. The summed E-state index contributed by atoms with van der Waals surface area (Å²) in [6.07, 6.45) is 3.81. The fourth-order valence-corrected chi connectivity index (χ4v) is 7.36. The van der Waals surface area contributed by atoms with Crippen LogP contribution in [0.25, 0.3) is 0 Å². The van der Waals surface area contributed by atoms with Crippen molar-refractivity contribution in [3.63, 3.8) is 0 Å². The molecule has 0 unspecified atom stereocenters. The number of carbonyl (C=O) groups excluding carboxylic acids is 2. The van der Waals surface area contributed by atoms with E-state index in [9.17, 15) is 14.7 Å². The van der Waals surface area contributed by atoms with Gasteiger partial charge in [-0.1, -0.05) is 13.8 Å². The molecule has 3 nitrogen and oxygen atoms in total. The summed E-state index contributed by atoms with van der Waals surface area (Å²) in [7, 11) is 0. The van der Waals surface area contributed by atoms with Crippen LogP contribution in [0.2, 0.25) is 0 Å². The van der Waals surface area contributed by atoms with Crippen molar-refractivity contribution in [2.75, 3.05) is 0 Å². The van der Waals surface area contributed by atoms with Crippen molar-refractivity contribution in [1.82, 2.24) is 0 Å². The average molecular weight is 348 g/mol. The molecule has 0 spiro atoms. The fourth-order valence-electron chi connectivity index (χ4n) is 7.36. The fraction of sp³-hybridized carbons (Fsp3) is 0.810. The zero-order valence-electron chi connectivity index (χ0n) is 15.4. The van der Waals surface area contributed by atoms with Crippen LogP contribution in [0.3, 0.4) is 0 Å². The summed E-state index contributed by atoms with van der Waals surface area (Å²) in [5, 5.41) is 11.1. The van der Waals surface area contributed by atoms with E-state index in [2.05, 4.69) is 13.8 Å². The van der Waals surface area contributed by atoms with Crippen molar-refractivity contribution in [3.8, 4) is 0 Å². The van der Waals surface area contributed by atoms with Crippen LogP contribution in [0, 0.1) is 34.5 Å². The predicted molar refractivity (Wildman–Crippen MR) is 92.5 cm³/mol. The molecule has 138 valence electrons. The van der Waals surface area contributed by atoms with Gasteiger partial charge in [-0.3, -0.25) is 9.59 Å². The van der Waals surface area contributed by atoms with Gasteiger partial charge >= 0.3 is 0 Å². The van der Waals surface area contributed by atoms with Gasteiger partial charge in [-0.15, -0.1) is 0 Å². The first-order valence-corrected chi connectivity index (χ1v) is 9.76. The SMILES string of the molecule is CC(=O)[C@H]1CC[C@H]2[C@@H]3C[C@H](F)C4=CC(=O)CC[C@]4(C)[C@H]3[C@H](O)C[C@]12C. The Balaban J connectivity index is 1.76. The molecule has 8 atom stereocenters. The zero-order valence-corrected chi connectivity index (χ0v) is 15.4. The second-order valence-electron chi connectivity index (χ2n) is 9.50. The lowest BCUT2D eigenvalue weighted by Crippen LogP contribution is -2.58. The monoisotopic (exact) mass is 348 g/mol. The number of ketones is 2. The third-order valence-electron chi connectivity index (χ3n) is 8.36. The molecule has 1 N–H and O–H groups in total. The van der Waals surface area contributed by atoms with E-state index < -0.39 is 17.7 Å². The summed E-state index contributed by atoms with van der Waals surface area (Å²) in [4.78, 5) is 24.0. The number of allylic oxidation sites excluding steroid dienone is 1. The van der Waals surface area contributed by atoms with Crippen molar-refractivity contribution in [1.29, 1.82) is 0 Å². The van der Waals surface area contributed by atoms with Crippen LogP contribution < -0.4 is 0 Å². The summed E-state index contributed by atoms with van der Waals surface area (Å²) in [6.45, 7) is 5.85. The van der Waals surface area contributed by atoms with Gasteiger partial charge in [0, 0.05) is 12.3 Å². The highest BCUT2D eigenvalue weighted by Crippen LogP contribution is 2.66. The summed E-state index contributed by atoms with van der Waals surface area (Å²) in [5.41, 5.74) is -0.0202. The van der Waals surface area contributed by atoms with E-state index in [0.717, 1.165) is 12.8 Å². The molecule has 0 saturated heterocycles. The largest absolute Gasteiger partial charge is 0.393 e. The molecule has 4 heteroatoms. The van der Waals surface area contributed by atoms with E-state index in [1.54, 1.807) is 6.92 Å². The standard InChI is InChI=1S/C21H29FO3/c1-11(23)14-4-5-15-13-9-17(22)16-8-12(24)6-7-20(16,2)19(13)18(25)10-21(14,15)3/h8,13-15,17-19,25H,4-7,9-10H2,1-3H3/t13-,14+,15-,17-,18+,19+,20-,21+/m0/s1. The quantitative estimate of drug-likeness (QED) is 0.787. The highest BCUT2D eigenvalue weighted by atomic mass is 19.1. The highest BCUT2D eigenvalue weighted by Gasteiger charge is 2.64. The van der Waals surface area contributed by atoms with Crippen LogP contribution >= 0.6 is 0 Å². The van der Waals surface area contributed by atoms with Crippen LogP contribution in [0.1, 0.15) is 59.3 Å². The normalized spacial score (nSPS) is 52.0. The smallest absolute Gasteiger partial charge is 0.155 e. The molecule has 0 aromatic rings. The maximum Gasteiger partial charge on any atom is 0.155 e. The van der Waals surface area contributed by atoms with E-state index in [4.69, 9.17) is 0 Å². The first-order chi connectivity index (χ1) is 11.7. The van der Waals surface area contributed by atoms with E-state index in [0.29, 0.717) is 37.2 Å². The molecule has 0 aromatic heterocycles. The van der Waals surface area contributed by atoms with Crippen molar-refractivity contribution in [2.24, 2.45) is 34.5 Å². The van der Waals surface area contributed by atoms with E-state index >= 15 is 4.39 Å². The molecule has 0 radical (unpaired) electrons. The Hall–Kier alpha value is -1.03. The maximum absolute atomic E-state index is 15.1. The summed E-state index contributed by atoms with van der Waals surface area (Å²) < 4.78 is 15.1. The number of alkyl halides is 1. The Morgan fingerprint density at radius 3 is 2.72 bits per heavy atom. The average Bonchev–Trinajstić information content (AvgIpc) is 2.85. The first kappa shape index (κ1) is 17.4. The summed E-state index contributed by atoms with van der Waals surface area (Å²) in [5.74, 6) is 0.610. The minimum absolute atomic E-state index is 0.00244. The molecule has 0 aromatic carbocycles. The molecule has 3 saturated carbocycles. The minimum atomic E-state index is -1.10. The van der Waals surface area contributed by atoms with Gasteiger partial charge in [0.2, 0.25) is 0 Å². The molecule has 4 aliphatic rings. The van der Waals surface area contributed by atoms with Gasteiger partial charge in [0.1, 0.15) is 12.0 Å². The number of rotatable bonds is 1. The van der Waals surface area contributed by atoms with Gasteiger partial charge in [-0.2, -0.15) is 0 Å². The number of carbonyl (C=O) groups is 2. The van der Waals surface area contributed by atoms with Crippen LogP contribution in [0.4, 0.5) is 4.39 Å². The van der Waals surface area contributed by atoms with Crippen LogP contribution in [-0.4, -0.2) is 28.9 Å². The number of aliphatic hydroxyl groups excluding tert-OH is 1. The van der Waals surface area contributed by atoms with E-state index in [1.807, 2.05) is 0 Å². The lowest BCUT2D eigenvalue weighted by Gasteiger charge is -2.60. The molecule has 25 heavy (non-hydrogen) atoms. The number of Topliss-reactive ketones (excluding diaryl/α,β-unsaturated/α-hetero) is 1. The predicted octanol–water partition coefficient (Wildman–Crippen LogP) is 3.64. The minimum Gasteiger partial charge on any atom is -0.393 e. The molecule has 4 aliphatic carbocycles. The van der Waals surface area contributed by atoms with Crippen molar-refractivity contribution in [3.05, 3.63) is 11.6 Å². The van der Waals surface area contributed by atoms with Crippen LogP contribution in [0.15, 0.2) is 11.6 Å². The summed E-state index contributed by atoms with van der Waals surface area (Å²) >= 11 is 0. The summed E-state index contributed by atoms with van der Waals surface area (Å²) in [6, 6.07) is 0. The topological polar surface area (TPSA) is 54.4 Å². The zero-order chi connectivity index (χ0) is 18.1. The molecule has 0 bridgehead atoms. The number of hydrogen-bond donors (Lipinski definition) is 1. The molecule has 4 rings (SSSR count). The Bertz CT molecular complexity index is 656. The third-order valence-corrected chi connectivity index (χ3v) is 8.36. The van der Waals surface area contributed by atoms with Gasteiger partial charge in [-0.25, -0.2) is 4.39 Å². The van der Waals surface area contributed by atoms with E-state index in [-0.39, 0.29) is 34.7 Å². The van der Waals surface area contributed by atoms with Gasteiger partial charge in [0.15, 0.2) is 5.78 Å². The van der Waals surface area contributed by atoms with Crippen molar-refractivity contribution < 1.29 is 19.1 Å². The van der Waals surface area contributed by atoms with Gasteiger partial charge < -0.3 is 5.11 Å². The van der Waals surface area contributed by atoms with Crippen molar-refractivity contribution in [2.45, 2.75) is 71.6 Å². The lowest BCUT2D eigenvalue weighted by atomic mass is 9.45. The van der Waals surface area contributed by atoms with Gasteiger partial charge in [0.25, 0.3) is 0 Å². The van der Waals surface area contributed by atoms with Crippen LogP contribution in [0.5, 0.6) is 0 Å². The molecule has 0 aliphatic heterocycles. The second-order valence-corrected chi connectivity index (χ2v) is 9.50.